The van der Waals surface area contributed by atoms with Crippen LogP contribution in [0, 0.1) is 12.7 Å². The molecular formula is C22H23FN4O4S. The summed E-state index contributed by atoms with van der Waals surface area (Å²) < 4.78 is 36.5. The van der Waals surface area contributed by atoms with Crippen molar-refractivity contribution < 1.29 is 23.2 Å². The molecule has 1 atom stereocenters. The Labute approximate surface area is 185 Å². The number of ether oxygens (including phenoxy) is 1. The van der Waals surface area contributed by atoms with Crippen LogP contribution in [0.1, 0.15) is 25.3 Å². The van der Waals surface area contributed by atoms with Crippen molar-refractivity contribution in [2.45, 2.75) is 32.8 Å². The first-order chi connectivity index (χ1) is 15.2. The Kier molecular flexibility index (Phi) is 5.96. The van der Waals surface area contributed by atoms with Gasteiger partial charge in [-0.05, 0) is 56.5 Å². The number of hydrogen-bond acceptors (Lipinski definition) is 7. The summed E-state index contributed by atoms with van der Waals surface area (Å²) in [5.41, 5.74) is 2.42. The normalized spacial score (nSPS) is 16.0. The Morgan fingerprint density at radius 2 is 2.00 bits per heavy atom. The Morgan fingerprint density at radius 1 is 1.25 bits per heavy atom. The van der Waals surface area contributed by atoms with Crippen LogP contribution in [0.3, 0.4) is 0 Å². The number of nitrogens with zero attached hydrogens (tertiary/aromatic N) is 3. The van der Waals surface area contributed by atoms with Gasteiger partial charge in [0.2, 0.25) is 0 Å². The average molecular weight is 459 g/mol. The lowest BCUT2D eigenvalue weighted by Crippen LogP contribution is -2.23. The van der Waals surface area contributed by atoms with Crippen LogP contribution < -0.4 is 10.1 Å². The van der Waals surface area contributed by atoms with Gasteiger partial charge in [-0.25, -0.2) is 23.4 Å². The maximum atomic E-state index is 13.8. The number of halogens is 1. The third-order valence-electron chi connectivity index (χ3n) is 5.22. The quantitative estimate of drug-likeness (QED) is 0.556. The van der Waals surface area contributed by atoms with Crippen LogP contribution >= 0.6 is 0 Å². The number of aromatic nitrogens is 2. The van der Waals surface area contributed by atoms with E-state index in [2.05, 4.69) is 19.6 Å². The predicted octanol–water partition coefficient (Wildman–Crippen LogP) is 4.57. The van der Waals surface area contributed by atoms with Gasteiger partial charge in [0.1, 0.15) is 23.7 Å². The van der Waals surface area contributed by atoms with E-state index in [4.69, 9.17) is 9.84 Å². The summed E-state index contributed by atoms with van der Waals surface area (Å²) in [6.45, 7) is 3.24. The van der Waals surface area contributed by atoms with Gasteiger partial charge >= 0.3 is 5.97 Å². The molecule has 3 aromatic rings. The first kappa shape index (κ1) is 21.9. The fraction of sp³-hybridized carbons (Fsp3) is 0.318. The number of aliphatic carboxylic acids is 1. The highest BCUT2D eigenvalue weighted by atomic mass is 32.2. The number of carbonyl (C=O) groups is 1. The molecule has 0 spiro atoms. The van der Waals surface area contributed by atoms with Crippen molar-refractivity contribution in [2.24, 2.45) is 4.36 Å². The smallest absolute Gasteiger partial charge is 0.344 e. The predicted molar refractivity (Wildman–Crippen MR) is 121 cm³/mol. The summed E-state index contributed by atoms with van der Waals surface area (Å²) in [5.74, 6) is 0.00276. The zero-order valence-electron chi connectivity index (χ0n) is 17.7. The van der Waals surface area contributed by atoms with Gasteiger partial charge in [0.05, 0.1) is 26.6 Å². The molecule has 8 nitrogen and oxygen atoms in total. The monoisotopic (exact) mass is 458 g/mol. The molecule has 1 saturated heterocycles. The molecule has 0 unspecified atom stereocenters. The third-order valence-corrected chi connectivity index (χ3v) is 7.61. The number of carboxylic acid groups (broad SMARTS) is 1. The molecule has 1 aliphatic rings. The van der Waals surface area contributed by atoms with Gasteiger partial charge in [0.15, 0.2) is 6.10 Å². The largest absolute Gasteiger partial charge is 0.479 e. The second-order valence-electron chi connectivity index (χ2n) is 7.72. The number of aryl methyl sites for hydroxylation is 1. The van der Waals surface area contributed by atoms with E-state index in [-0.39, 0.29) is 5.75 Å². The highest BCUT2D eigenvalue weighted by molar-refractivity contribution is 7.93. The van der Waals surface area contributed by atoms with Crippen LogP contribution in [0.4, 0.5) is 21.6 Å². The standard InChI is InChI=1S/C22H23FN4O4S/c1-13-9-16(27-32(30)7-3-4-8-32)11-18-20(13)21(25-12-24-18)26-17-6-5-15(23)10-19(17)31-14(2)22(28)29/h5-6,9-12,14H,3-4,7-8H2,1-2H3,(H,28,29)(H,24,25,26)/t14-/m1/s1. The molecule has 0 bridgehead atoms. The maximum Gasteiger partial charge on any atom is 0.344 e. The summed E-state index contributed by atoms with van der Waals surface area (Å²) in [7, 11) is -2.21. The van der Waals surface area contributed by atoms with Crippen molar-refractivity contribution in [2.75, 3.05) is 16.8 Å². The summed E-state index contributed by atoms with van der Waals surface area (Å²) in [4.78, 5) is 19.8. The number of fused-ring (bicyclic) bond motifs is 1. The van der Waals surface area contributed by atoms with Crippen molar-refractivity contribution in [3.8, 4) is 5.75 Å². The van der Waals surface area contributed by atoms with Gasteiger partial charge < -0.3 is 15.2 Å². The molecule has 0 amide bonds. The molecule has 0 saturated carbocycles. The molecule has 2 aromatic carbocycles. The Bertz CT molecular complexity index is 1310. The second-order valence-corrected chi connectivity index (χ2v) is 10.3. The zero-order valence-corrected chi connectivity index (χ0v) is 18.5. The lowest BCUT2D eigenvalue weighted by atomic mass is 10.1. The van der Waals surface area contributed by atoms with E-state index in [1.165, 1.54) is 25.4 Å². The minimum Gasteiger partial charge on any atom is -0.479 e. The fourth-order valence-corrected chi connectivity index (χ4v) is 5.81. The summed E-state index contributed by atoms with van der Waals surface area (Å²) >= 11 is 0. The van der Waals surface area contributed by atoms with Crippen LogP contribution in [-0.2, 0) is 14.5 Å². The van der Waals surface area contributed by atoms with E-state index in [9.17, 15) is 13.4 Å². The first-order valence-electron chi connectivity index (χ1n) is 10.2. The van der Waals surface area contributed by atoms with Gasteiger partial charge in [0.25, 0.3) is 0 Å². The highest BCUT2D eigenvalue weighted by Crippen LogP contribution is 2.34. The number of carboxylic acids is 1. The minimum atomic E-state index is -2.21. The number of hydrogen-bond donors (Lipinski definition) is 2. The minimum absolute atomic E-state index is 0.0501. The molecule has 1 aromatic heterocycles. The van der Waals surface area contributed by atoms with Gasteiger partial charge in [-0.3, -0.25) is 0 Å². The number of nitrogens with one attached hydrogen (secondary N) is 1. The summed E-state index contributed by atoms with van der Waals surface area (Å²) in [6, 6.07) is 7.43. The first-order valence-corrected chi connectivity index (χ1v) is 12.0. The zero-order chi connectivity index (χ0) is 22.9. The molecule has 0 radical (unpaired) electrons. The van der Waals surface area contributed by atoms with Crippen LogP contribution in [0.25, 0.3) is 10.9 Å². The van der Waals surface area contributed by atoms with E-state index in [1.807, 2.05) is 13.0 Å². The van der Waals surface area contributed by atoms with E-state index in [1.54, 1.807) is 6.07 Å². The average Bonchev–Trinajstić information content (AvgIpc) is 3.15. The van der Waals surface area contributed by atoms with Crippen molar-refractivity contribution in [1.82, 2.24) is 9.97 Å². The van der Waals surface area contributed by atoms with Crippen LogP contribution in [0.15, 0.2) is 41.0 Å². The van der Waals surface area contributed by atoms with Crippen LogP contribution in [0.2, 0.25) is 0 Å². The van der Waals surface area contributed by atoms with Crippen LogP contribution in [0.5, 0.6) is 5.75 Å². The van der Waals surface area contributed by atoms with Gasteiger partial charge in [-0.2, -0.15) is 4.36 Å². The van der Waals surface area contributed by atoms with Crippen LogP contribution in [-0.4, -0.2) is 42.9 Å². The van der Waals surface area contributed by atoms with Crippen molar-refractivity contribution in [3.63, 3.8) is 0 Å². The van der Waals surface area contributed by atoms with E-state index in [0.717, 1.165) is 29.9 Å². The highest BCUT2D eigenvalue weighted by Gasteiger charge is 2.19. The van der Waals surface area contributed by atoms with Crippen molar-refractivity contribution in [1.29, 1.82) is 0 Å². The molecule has 1 aliphatic heterocycles. The molecule has 32 heavy (non-hydrogen) atoms. The molecule has 1 fully saturated rings. The molecule has 2 N–H and O–H groups in total. The Morgan fingerprint density at radius 3 is 2.72 bits per heavy atom. The molecule has 4 rings (SSSR count). The number of rotatable bonds is 6. The van der Waals surface area contributed by atoms with E-state index in [0.29, 0.717) is 34.2 Å². The van der Waals surface area contributed by atoms with Gasteiger partial charge in [-0.1, -0.05) is 0 Å². The maximum absolute atomic E-state index is 13.8. The van der Waals surface area contributed by atoms with E-state index >= 15 is 0 Å². The van der Waals surface area contributed by atoms with Gasteiger partial charge in [-0.15, -0.1) is 0 Å². The Balaban J connectivity index is 1.74. The summed E-state index contributed by atoms with van der Waals surface area (Å²) in [6.07, 6.45) is 2.07. The van der Waals surface area contributed by atoms with Crippen molar-refractivity contribution >= 4 is 43.8 Å². The molecule has 168 valence electrons. The lowest BCUT2D eigenvalue weighted by Gasteiger charge is -2.17. The van der Waals surface area contributed by atoms with E-state index < -0.39 is 27.6 Å². The number of benzene rings is 2. The SMILES string of the molecule is Cc1cc(N=S2(=O)CCCC2)cc2ncnc(Nc3ccc(F)cc3O[C@H](C)C(=O)O)c12. The number of anilines is 2. The third kappa shape index (κ3) is 4.64. The Hall–Kier alpha value is -3.27. The van der Waals surface area contributed by atoms with Crippen molar-refractivity contribution in [3.05, 3.63) is 48.0 Å². The fourth-order valence-electron chi connectivity index (χ4n) is 3.63. The lowest BCUT2D eigenvalue weighted by molar-refractivity contribution is -0.144. The summed E-state index contributed by atoms with van der Waals surface area (Å²) in [5, 5.41) is 13.0. The molecule has 10 heteroatoms. The van der Waals surface area contributed by atoms with Gasteiger partial charge in [0, 0.05) is 23.0 Å². The topological polar surface area (TPSA) is 114 Å². The molecular weight excluding hydrogens is 435 g/mol. The molecule has 0 aliphatic carbocycles. The second kappa shape index (κ2) is 8.70. The molecule has 2 heterocycles.